The Morgan fingerprint density at radius 2 is 1.27 bits per heavy atom. The maximum Gasteiger partial charge on any atom is 0.218 e. The molecule has 0 bridgehead atoms. The number of rotatable bonds is 4. The van der Waals surface area contributed by atoms with E-state index in [-0.39, 0.29) is 0 Å². The largest absolute Gasteiger partial charge is 0.414 e. The third kappa shape index (κ3) is 3.07. The third-order valence-electron chi connectivity index (χ3n) is 3.89. The molecule has 0 heterocycles. The van der Waals surface area contributed by atoms with Crippen LogP contribution >= 0.6 is 0 Å². The number of hydrogen-bond donors (Lipinski definition) is 0. The molecule has 1 radical (unpaired) electrons. The van der Waals surface area contributed by atoms with Gasteiger partial charge in [0.05, 0.1) is 0 Å². The van der Waals surface area contributed by atoms with Crippen LogP contribution in [-0.2, 0) is 4.43 Å². The minimum absolute atomic E-state index is 0.458. The van der Waals surface area contributed by atoms with Crippen molar-refractivity contribution in [2.75, 3.05) is 0 Å². The first-order valence-corrected chi connectivity index (χ1v) is 8.37. The van der Waals surface area contributed by atoms with Gasteiger partial charge in [0.1, 0.15) is 0 Å². The fraction of sp³-hybridized carbons (Fsp3) is 1.00. The van der Waals surface area contributed by atoms with Crippen molar-refractivity contribution in [2.24, 2.45) is 0 Å². The minimum Gasteiger partial charge on any atom is -0.414 e. The Morgan fingerprint density at radius 3 is 1.60 bits per heavy atom. The van der Waals surface area contributed by atoms with Gasteiger partial charge in [-0.2, -0.15) is 0 Å². The van der Waals surface area contributed by atoms with Crippen LogP contribution in [-0.4, -0.2) is 15.1 Å². The van der Waals surface area contributed by atoms with Gasteiger partial charge in [-0.25, -0.2) is 0 Å². The monoisotopic (exact) mass is 225 g/mol. The summed E-state index contributed by atoms with van der Waals surface area (Å²) in [7, 11) is -0.499. The summed E-state index contributed by atoms with van der Waals surface area (Å²) in [6, 6.07) is 0. The minimum atomic E-state index is -0.499. The summed E-state index contributed by atoms with van der Waals surface area (Å²) in [6.45, 7) is 4.43. The van der Waals surface area contributed by atoms with Crippen molar-refractivity contribution in [1.29, 1.82) is 0 Å². The number of hydrogen-bond acceptors (Lipinski definition) is 1. The molecule has 2 saturated carbocycles. The van der Waals surface area contributed by atoms with Gasteiger partial charge in [0, 0.05) is 6.10 Å². The molecule has 1 nitrogen and oxygen atoms in total. The zero-order valence-electron chi connectivity index (χ0n) is 10.3. The van der Waals surface area contributed by atoms with Crippen molar-refractivity contribution in [3.63, 3.8) is 0 Å². The second kappa shape index (κ2) is 5.49. The molecule has 0 N–H and O–H groups in total. The van der Waals surface area contributed by atoms with Crippen LogP contribution in [0.4, 0.5) is 0 Å². The lowest BCUT2D eigenvalue weighted by atomic mass is 10.3. The summed E-state index contributed by atoms with van der Waals surface area (Å²) in [5.74, 6) is 0. The summed E-state index contributed by atoms with van der Waals surface area (Å²) in [6.07, 6.45) is 12.2. The first-order valence-electron chi connectivity index (χ1n) is 6.80. The van der Waals surface area contributed by atoms with E-state index in [1.54, 1.807) is 0 Å². The van der Waals surface area contributed by atoms with Crippen LogP contribution in [0, 0.1) is 0 Å². The molecule has 2 rings (SSSR count). The van der Waals surface area contributed by atoms with Crippen LogP contribution in [0.15, 0.2) is 0 Å². The van der Waals surface area contributed by atoms with E-state index >= 15 is 0 Å². The quantitative estimate of drug-likeness (QED) is 0.649. The van der Waals surface area contributed by atoms with Crippen molar-refractivity contribution >= 4 is 9.04 Å². The molecule has 0 aromatic heterocycles. The van der Waals surface area contributed by atoms with E-state index in [4.69, 9.17) is 4.43 Å². The fourth-order valence-electron chi connectivity index (χ4n) is 3.22. The van der Waals surface area contributed by atoms with Gasteiger partial charge in [0.25, 0.3) is 0 Å². The maximum absolute atomic E-state index is 6.32. The Balaban J connectivity index is 1.94. The Hall–Kier alpha value is 0.177. The van der Waals surface area contributed by atoms with E-state index in [9.17, 15) is 0 Å². The average molecular weight is 225 g/mol. The molecule has 2 aliphatic carbocycles. The lowest BCUT2D eigenvalue weighted by Gasteiger charge is -2.28. The predicted octanol–water partition coefficient (Wildman–Crippen LogP) is 4.29. The molecular weight excluding hydrogens is 200 g/mol. The predicted molar refractivity (Wildman–Crippen MR) is 66.4 cm³/mol. The molecule has 0 spiro atoms. The van der Waals surface area contributed by atoms with Crippen molar-refractivity contribution in [3.8, 4) is 0 Å². The van der Waals surface area contributed by atoms with Crippen molar-refractivity contribution in [3.05, 3.63) is 0 Å². The standard InChI is InChI=1S/C13H25OSi/c1-11(2)14-15(12-7-3-4-8-12)13-9-5-6-10-13/h11-13H,3-10H2,1-2H3. The first-order chi connectivity index (χ1) is 7.27. The zero-order chi connectivity index (χ0) is 10.7. The van der Waals surface area contributed by atoms with Crippen molar-refractivity contribution in [1.82, 2.24) is 0 Å². The average Bonchev–Trinajstić information content (AvgIpc) is 2.87. The molecule has 87 valence electrons. The highest BCUT2D eigenvalue weighted by atomic mass is 28.3. The fourth-order valence-corrected chi connectivity index (χ4v) is 6.77. The van der Waals surface area contributed by atoms with Crippen molar-refractivity contribution in [2.45, 2.75) is 82.4 Å². The third-order valence-corrected chi connectivity index (χ3v) is 7.39. The highest BCUT2D eigenvalue weighted by Crippen LogP contribution is 2.43. The molecule has 2 aliphatic rings. The van der Waals surface area contributed by atoms with E-state index in [2.05, 4.69) is 13.8 Å². The van der Waals surface area contributed by atoms with Crippen LogP contribution in [0.3, 0.4) is 0 Å². The smallest absolute Gasteiger partial charge is 0.218 e. The van der Waals surface area contributed by atoms with Gasteiger partial charge in [-0.1, -0.05) is 51.4 Å². The van der Waals surface area contributed by atoms with Gasteiger partial charge < -0.3 is 4.43 Å². The second-order valence-electron chi connectivity index (χ2n) is 5.53. The van der Waals surface area contributed by atoms with E-state index in [1.807, 2.05) is 0 Å². The SMILES string of the molecule is CC(C)O[Si](C1CCCC1)C1CCCC1. The molecule has 15 heavy (non-hydrogen) atoms. The lowest BCUT2D eigenvalue weighted by Crippen LogP contribution is -2.31. The molecular formula is C13H25OSi. The van der Waals surface area contributed by atoms with Gasteiger partial charge in [-0.05, 0) is 24.9 Å². The van der Waals surface area contributed by atoms with Crippen LogP contribution in [0.2, 0.25) is 11.1 Å². The molecule has 0 unspecified atom stereocenters. The Bertz CT molecular complexity index is 165. The topological polar surface area (TPSA) is 9.23 Å². The molecule has 2 fully saturated rings. The molecule has 2 heteroatoms. The molecule has 0 aromatic rings. The van der Waals surface area contributed by atoms with E-state index < -0.39 is 9.04 Å². The van der Waals surface area contributed by atoms with Gasteiger partial charge in [-0.15, -0.1) is 0 Å². The summed E-state index contributed by atoms with van der Waals surface area (Å²) in [5.41, 5.74) is 1.97. The Morgan fingerprint density at radius 1 is 0.867 bits per heavy atom. The summed E-state index contributed by atoms with van der Waals surface area (Å²) in [4.78, 5) is 0. The van der Waals surface area contributed by atoms with Crippen LogP contribution in [0.25, 0.3) is 0 Å². The first kappa shape index (κ1) is 11.7. The van der Waals surface area contributed by atoms with Crippen molar-refractivity contribution < 1.29 is 4.43 Å². The highest BCUT2D eigenvalue weighted by molar-refractivity contribution is 6.55. The summed E-state index contributed by atoms with van der Waals surface area (Å²) in [5, 5.41) is 0. The molecule has 0 aliphatic heterocycles. The lowest BCUT2D eigenvalue weighted by molar-refractivity contribution is 0.229. The summed E-state index contributed by atoms with van der Waals surface area (Å²) < 4.78 is 6.32. The Kier molecular flexibility index (Phi) is 4.27. The van der Waals surface area contributed by atoms with Crippen LogP contribution < -0.4 is 0 Å². The normalized spacial score (nSPS) is 24.8. The van der Waals surface area contributed by atoms with Crippen LogP contribution in [0.5, 0.6) is 0 Å². The maximum atomic E-state index is 6.32. The Labute approximate surface area is 96.3 Å². The van der Waals surface area contributed by atoms with Gasteiger partial charge >= 0.3 is 0 Å². The molecule has 0 atom stereocenters. The highest BCUT2D eigenvalue weighted by Gasteiger charge is 2.37. The van der Waals surface area contributed by atoms with Gasteiger partial charge in [0.2, 0.25) is 9.04 Å². The molecule has 0 amide bonds. The van der Waals surface area contributed by atoms with Gasteiger partial charge in [-0.3, -0.25) is 0 Å². The van der Waals surface area contributed by atoms with E-state index in [0.29, 0.717) is 6.10 Å². The second-order valence-corrected chi connectivity index (χ2v) is 8.21. The molecule has 0 saturated heterocycles. The summed E-state index contributed by atoms with van der Waals surface area (Å²) >= 11 is 0. The van der Waals surface area contributed by atoms with Crippen LogP contribution in [0.1, 0.15) is 65.2 Å². The van der Waals surface area contributed by atoms with E-state index in [1.165, 1.54) is 51.4 Å². The van der Waals surface area contributed by atoms with Gasteiger partial charge in [0.15, 0.2) is 0 Å². The van der Waals surface area contributed by atoms with E-state index in [0.717, 1.165) is 11.1 Å². The zero-order valence-corrected chi connectivity index (χ0v) is 11.3. The molecule has 0 aromatic carbocycles.